The fraction of sp³-hybridized carbons (Fsp3) is 0.167. The summed E-state index contributed by atoms with van der Waals surface area (Å²) in [6.07, 6.45) is 2.62. The topological polar surface area (TPSA) is 111 Å². The molecular formula is C12H11FN4O3. The first-order valence-electron chi connectivity index (χ1n) is 5.67. The van der Waals surface area contributed by atoms with Crippen LogP contribution in [0, 0.1) is 5.82 Å². The van der Waals surface area contributed by atoms with Crippen molar-refractivity contribution in [3.8, 4) is 17.3 Å². The van der Waals surface area contributed by atoms with Gasteiger partial charge in [-0.15, -0.1) is 0 Å². The van der Waals surface area contributed by atoms with Gasteiger partial charge >= 0.3 is 5.97 Å². The number of anilines is 1. The number of carboxylic acids is 1. The monoisotopic (exact) mass is 278 g/mol. The number of hydrogen-bond acceptors (Lipinski definition) is 6. The highest BCUT2D eigenvalue weighted by atomic mass is 19.1. The molecule has 0 saturated heterocycles. The van der Waals surface area contributed by atoms with Crippen LogP contribution in [-0.2, 0) is 0 Å². The van der Waals surface area contributed by atoms with Crippen molar-refractivity contribution in [3.63, 3.8) is 0 Å². The summed E-state index contributed by atoms with van der Waals surface area (Å²) in [5, 5.41) is 8.94. The maximum Gasteiger partial charge on any atom is 0.356 e. The molecule has 0 amide bonds. The molecule has 2 aromatic rings. The first-order valence-corrected chi connectivity index (χ1v) is 5.67. The van der Waals surface area contributed by atoms with Gasteiger partial charge in [-0.3, -0.25) is 4.98 Å². The van der Waals surface area contributed by atoms with Crippen molar-refractivity contribution >= 4 is 11.7 Å². The number of halogens is 1. The minimum atomic E-state index is -1.35. The molecule has 0 atom stereocenters. The molecule has 0 radical (unpaired) electrons. The van der Waals surface area contributed by atoms with Crippen molar-refractivity contribution in [1.82, 2.24) is 15.0 Å². The van der Waals surface area contributed by atoms with E-state index in [1.54, 1.807) is 6.92 Å². The highest BCUT2D eigenvalue weighted by molar-refractivity contribution is 5.92. The zero-order chi connectivity index (χ0) is 14.7. The predicted octanol–water partition coefficient (Wildman–Crippen LogP) is 1.36. The molecule has 104 valence electrons. The number of nitrogen functional groups attached to an aromatic ring is 1. The van der Waals surface area contributed by atoms with Gasteiger partial charge in [-0.25, -0.2) is 19.2 Å². The minimum Gasteiger partial charge on any atom is -0.477 e. The highest BCUT2D eigenvalue weighted by Gasteiger charge is 2.17. The summed E-state index contributed by atoms with van der Waals surface area (Å²) < 4.78 is 19.0. The third kappa shape index (κ3) is 2.63. The summed E-state index contributed by atoms with van der Waals surface area (Å²) in [5.41, 5.74) is 4.53. The molecule has 0 fully saturated rings. The largest absolute Gasteiger partial charge is 0.477 e. The number of nitrogens with two attached hydrogens (primary N) is 1. The Labute approximate surface area is 113 Å². The Morgan fingerprint density at radius 1 is 1.45 bits per heavy atom. The Balaban J connectivity index is 2.54. The van der Waals surface area contributed by atoms with Crippen molar-refractivity contribution in [2.24, 2.45) is 0 Å². The number of carboxylic acid groups (broad SMARTS) is 1. The molecular weight excluding hydrogens is 267 g/mol. The Hall–Kier alpha value is -2.77. The van der Waals surface area contributed by atoms with E-state index < -0.39 is 17.5 Å². The van der Waals surface area contributed by atoms with E-state index in [-0.39, 0.29) is 23.0 Å². The van der Waals surface area contributed by atoms with Crippen LogP contribution in [0.25, 0.3) is 11.4 Å². The van der Waals surface area contributed by atoms with Crippen molar-refractivity contribution in [2.45, 2.75) is 6.92 Å². The van der Waals surface area contributed by atoms with Crippen molar-refractivity contribution in [3.05, 3.63) is 30.0 Å². The third-order valence-corrected chi connectivity index (χ3v) is 2.36. The van der Waals surface area contributed by atoms with E-state index in [4.69, 9.17) is 15.6 Å². The molecule has 8 heteroatoms. The van der Waals surface area contributed by atoms with Crippen LogP contribution in [0.3, 0.4) is 0 Å². The SMILES string of the molecule is CCOc1cncc(-c2nc(C(=O)O)c(N)cc2F)n1. The van der Waals surface area contributed by atoms with Crippen LogP contribution in [0.15, 0.2) is 18.5 Å². The van der Waals surface area contributed by atoms with Gasteiger partial charge in [0.1, 0.15) is 11.4 Å². The van der Waals surface area contributed by atoms with Gasteiger partial charge in [-0.05, 0) is 6.92 Å². The fourth-order valence-electron chi connectivity index (χ4n) is 1.53. The van der Waals surface area contributed by atoms with E-state index in [1.165, 1.54) is 12.4 Å². The van der Waals surface area contributed by atoms with Crippen LogP contribution in [0.5, 0.6) is 5.88 Å². The molecule has 2 heterocycles. The average molecular weight is 278 g/mol. The first kappa shape index (κ1) is 13.7. The summed E-state index contributed by atoms with van der Waals surface area (Å²) in [5.74, 6) is -1.94. The molecule has 7 nitrogen and oxygen atoms in total. The summed E-state index contributed by atoms with van der Waals surface area (Å²) in [6, 6.07) is 0.890. The predicted molar refractivity (Wildman–Crippen MR) is 67.8 cm³/mol. The molecule has 0 unspecified atom stereocenters. The lowest BCUT2D eigenvalue weighted by Crippen LogP contribution is -2.08. The van der Waals surface area contributed by atoms with Crippen LogP contribution in [0.1, 0.15) is 17.4 Å². The van der Waals surface area contributed by atoms with Gasteiger partial charge in [0, 0.05) is 6.07 Å². The quantitative estimate of drug-likeness (QED) is 0.868. The second kappa shape index (κ2) is 5.47. The standard InChI is InChI=1S/C12H11FN4O3/c1-2-20-9-5-15-4-8(16-9)10-6(13)3-7(14)11(17-10)12(18)19/h3-5H,2,14H2,1H3,(H,18,19). The van der Waals surface area contributed by atoms with Gasteiger partial charge in [0.25, 0.3) is 0 Å². The van der Waals surface area contributed by atoms with E-state index in [0.29, 0.717) is 6.61 Å². The van der Waals surface area contributed by atoms with E-state index in [9.17, 15) is 9.18 Å². The molecule has 20 heavy (non-hydrogen) atoms. The number of aromatic nitrogens is 3. The molecule has 0 saturated carbocycles. The second-order valence-corrected chi connectivity index (χ2v) is 3.74. The number of nitrogens with zero attached hydrogens (tertiary/aromatic N) is 3. The van der Waals surface area contributed by atoms with Crippen molar-refractivity contribution in [1.29, 1.82) is 0 Å². The summed E-state index contributed by atoms with van der Waals surface area (Å²) in [6.45, 7) is 2.13. The summed E-state index contributed by atoms with van der Waals surface area (Å²) in [4.78, 5) is 22.5. The molecule has 0 aromatic carbocycles. The van der Waals surface area contributed by atoms with E-state index in [0.717, 1.165) is 6.07 Å². The molecule has 2 aromatic heterocycles. The average Bonchev–Trinajstić information content (AvgIpc) is 2.39. The zero-order valence-electron chi connectivity index (χ0n) is 10.5. The second-order valence-electron chi connectivity index (χ2n) is 3.74. The number of pyridine rings is 1. The van der Waals surface area contributed by atoms with Gasteiger partial charge in [0.15, 0.2) is 11.5 Å². The number of aromatic carboxylic acids is 1. The Morgan fingerprint density at radius 3 is 2.85 bits per heavy atom. The van der Waals surface area contributed by atoms with Crippen LogP contribution in [-0.4, -0.2) is 32.6 Å². The third-order valence-electron chi connectivity index (χ3n) is 2.36. The molecule has 0 aliphatic heterocycles. The fourth-order valence-corrected chi connectivity index (χ4v) is 1.53. The van der Waals surface area contributed by atoms with Crippen LogP contribution < -0.4 is 10.5 Å². The number of ether oxygens (including phenoxy) is 1. The van der Waals surface area contributed by atoms with E-state index in [2.05, 4.69) is 15.0 Å². The zero-order valence-corrected chi connectivity index (χ0v) is 10.5. The van der Waals surface area contributed by atoms with Gasteiger partial charge < -0.3 is 15.6 Å². The summed E-state index contributed by atoms with van der Waals surface area (Å²) >= 11 is 0. The van der Waals surface area contributed by atoms with Crippen LogP contribution in [0.4, 0.5) is 10.1 Å². The lowest BCUT2D eigenvalue weighted by atomic mass is 10.2. The molecule has 0 aliphatic rings. The van der Waals surface area contributed by atoms with Crippen molar-refractivity contribution in [2.75, 3.05) is 12.3 Å². The minimum absolute atomic E-state index is 0.0657. The molecule has 0 aliphatic carbocycles. The van der Waals surface area contributed by atoms with Gasteiger partial charge in [0.2, 0.25) is 5.88 Å². The number of carbonyl (C=O) groups is 1. The maximum atomic E-state index is 13.9. The first-order chi connectivity index (χ1) is 9.52. The smallest absolute Gasteiger partial charge is 0.356 e. The normalized spacial score (nSPS) is 10.3. The van der Waals surface area contributed by atoms with Crippen molar-refractivity contribution < 1.29 is 19.0 Å². The number of rotatable bonds is 4. The van der Waals surface area contributed by atoms with Gasteiger partial charge in [-0.1, -0.05) is 0 Å². The molecule has 2 rings (SSSR count). The number of hydrogen-bond donors (Lipinski definition) is 2. The van der Waals surface area contributed by atoms with Gasteiger partial charge in [0.05, 0.1) is 24.7 Å². The highest BCUT2D eigenvalue weighted by Crippen LogP contribution is 2.23. The van der Waals surface area contributed by atoms with Gasteiger partial charge in [-0.2, -0.15) is 0 Å². The summed E-state index contributed by atoms with van der Waals surface area (Å²) in [7, 11) is 0. The van der Waals surface area contributed by atoms with E-state index in [1.807, 2.05) is 0 Å². The Bertz CT molecular complexity index is 663. The lowest BCUT2D eigenvalue weighted by molar-refractivity contribution is 0.0692. The Morgan fingerprint density at radius 2 is 2.20 bits per heavy atom. The maximum absolute atomic E-state index is 13.9. The van der Waals surface area contributed by atoms with E-state index >= 15 is 0 Å². The molecule has 0 spiro atoms. The van der Waals surface area contributed by atoms with Crippen LogP contribution in [0.2, 0.25) is 0 Å². The Kier molecular flexibility index (Phi) is 3.74. The molecule has 0 bridgehead atoms. The lowest BCUT2D eigenvalue weighted by Gasteiger charge is -2.07. The van der Waals surface area contributed by atoms with Crippen LogP contribution >= 0.6 is 0 Å². The molecule has 3 N–H and O–H groups in total.